The lowest BCUT2D eigenvalue weighted by Crippen LogP contribution is -2.36. The van der Waals surface area contributed by atoms with Crippen LogP contribution in [0, 0.1) is 0 Å². The molecule has 7 heteroatoms. The van der Waals surface area contributed by atoms with Crippen LogP contribution in [0.1, 0.15) is 17.3 Å². The first-order valence-electron chi connectivity index (χ1n) is 6.32. The lowest BCUT2D eigenvalue weighted by Gasteiger charge is -2.18. The quantitative estimate of drug-likeness (QED) is 0.608. The first-order valence-corrected chi connectivity index (χ1v) is 7.23. The van der Waals surface area contributed by atoms with Crippen molar-refractivity contribution in [2.75, 3.05) is 6.61 Å². The molecule has 0 spiro atoms. The molecule has 0 N–H and O–H groups in total. The third kappa shape index (κ3) is 4.01. The Morgan fingerprint density at radius 1 is 1.33 bits per heavy atom. The first-order chi connectivity index (χ1) is 9.99. The Morgan fingerprint density at radius 3 is 2.62 bits per heavy atom. The van der Waals surface area contributed by atoms with E-state index in [-0.39, 0.29) is 6.61 Å². The molecule has 1 aliphatic heterocycles. The van der Waals surface area contributed by atoms with Gasteiger partial charge in [-0.25, -0.2) is 9.18 Å². The topological polar surface area (TPSA) is 61.8 Å². The van der Waals surface area contributed by atoms with Crippen LogP contribution in [0.3, 0.4) is 0 Å². The highest BCUT2D eigenvalue weighted by atomic mass is 79.9. The van der Waals surface area contributed by atoms with Crippen LogP contribution in [0.5, 0.6) is 0 Å². The van der Waals surface area contributed by atoms with Gasteiger partial charge in [0.15, 0.2) is 12.3 Å². The van der Waals surface area contributed by atoms with Gasteiger partial charge in [0.25, 0.3) is 0 Å². The monoisotopic (exact) mass is 360 g/mol. The van der Waals surface area contributed by atoms with Gasteiger partial charge in [-0.05, 0) is 12.1 Å². The number of carbonyl (C=O) groups is 2. The normalized spacial score (nSPS) is 28.1. The van der Waals surface area contributed by atoms with Gasteiger partial charge >= 0.3 is 11.9 Å². The molecule has 21 heavy (non-hydrogen) atoms. The van der Waals surface area contributed by atoms with Gasteiger partial charge in [0, 0.05) is 6.92 Å². The number of ether oxygens (including phenoxy) is 3. The second-order valence-electron chi connectivity index (χ2n) is 4.51. The molecule has 0 unspecified atom stereocenters. The molecule has 5 nitrogen and oxygen atoms in total. The molecule has 0 saturated carbocycles. The first kappa shape index (κ1) is 15.9. The standard InChI is InChI=1S/C14H14BrFO5/c1-8(17)20-12-10(21-13(15)11(12)16)7-19-14(18)9-5-3-2-4-6-9/h2-6,10-13H,7H2,1H3/t10-,11-,12-,13+/m1/s1. The molecule has 0 amide bonds. The summed E-state index contributed by atoms with van der Waals surface area (Å²) < 4.78 is 29.1. The lowest BCUT2D eigenvalue weighted by molar-refractivity contribution is -0.152. The second kappa shape index (κ2) is 7.00. The smallest absolute Gasteiger partial charge is 0.338 e. The Bertz CT molecular complexity index is 509. The minimum absolute atomic E-state index is 0.200. The highest BCUT2D eigenvalue weighted by molar-refractivity contribution is 9.09. The van der Waals surface area contributed by atoms with Crippen molar-refractivity contribution in [1.29, 1.82) is 0 Å². The summed E-state index contributed by atoms with van der Waals surface area (Å²) in [4.78, 5) is 22.8. The molecule has 0 radical (unpaired) electrons. The van der Waals surface area contributed by atoms with Crippen molar-refractivity contribution >= 4 is 27.9 Å². The van der Waals surface area contributed by atoms with E-state index in [1.54, 1.807) is 30.3 Å². The van der Waals surface area contributed by atoms with E-state index >= 15 is 0 Å². The Morgan fingerprint density at radius 2 is 2.00 bits per heavy atom. The van der Waals surface area contributed by atoms with Crippen LogP contribution in [-0.2, 0) is 19.0 Å². The predicted molar refractivity (Wildman–Crippen MR) is 74.8 cm³/mol. The molecule has 1 aliphatic rings. The van der Waals surface area contributed by atoms with Gasteiger partial charge in [-0.1, -0.05) is 34.1 Å². The summed E-state index contributed by atoms with van der Waals surface area (Å²) in [6.45, 7) is 0.982. The van der Waals surface area contributed by atoms with E-state index in [0.717, 1.165) is 0 Å². The highest BCUT2D eigenvalue weighted by Crippen LogP contribution is 2.30. The molecule has 1 heterocycles. The number of halogens is 2. The minimum Gasteiger partial charge on any atom is -0.459 e. The number of carbonyl (C=O) groups excluding carboxylic acids is 2. The zero-order chi connectivity index (χ0) is 15.4. The average Bonchev–Trinajstić information content (AvgIpc) is 2.73. The third-order valence-corrected chi connectivity index (χ3v) is 3.65. The fraction of sp³-hybridized carbons (Fsp3) is 0.429. The van der Waals surface area contributed by atoms with Gasteiger partial charge in [0.1, 0.15) is 17.7 Å². The lowest BCUT2D eigenvalue weighted by atomic mass is 10.2. The molecule has 1 fully saturated rings. The fourth-order valence-corrected chi connectivity index (χ4v) is 2.53. The molecule has 0 aromatic heterocycles. The van der Waals surface area contributed by atoms with E-state index in [9.17, 15) is 14.0 Å². The van der Waals surface area contributed by atoms with E-state index in [1.165, 1.54) is 6.92 Å². The van der Waals surface area contributed by atoms with Gasteiger partial charge in [-0.15, -0.1) is 0 Å². The van der Waals surface area contributed by atoms with E-state index < -0.39 is 35.3 Å². The van der Waals surface area contributed by atoms with Crippen molar-refractivity contribution in [2.45, 2.75) is 30.3 Å². The van der Waals surface area contributed by atoms with Gasteiger partial charge in [0.05, 0.1) is 5.56 Å². The fourth-order valence-electron chi connectivity index (χ4n) is 1.96. The Hall–Kier alpha value is -1.47. The predicted octanol–water partition coefficient (Wildman–Crippen LogP) is 2.23. The van der Waals surface area contributed by atoms with Crippen molar-refractivity contribution < 1.29 is 28.2 Å². The van der Waals surface area contributed by atoms with Gasteiger partial charge in [-0.3, -0.25) is 4.79 Å². The second-order valence-corrected chi connectivity index (χ2v) is 5.41. The van der Waals surface area contributed by atoms with Crippen molar-refractivity contribution in [1.82, 2.24) is 0 Å². The number of alkyl halides is 2. The van der Waals surface area contributed by atoms with E-state index in [4.69, 9.17) is 14.2 Å². The van der Waals surface area contributed by atoms with Crippen LogP contribution in [-0.4, -0.2) is 41.9 Å². The summed E-state index contributed by atoms with van der Waals surface area (Å²) in [7, 11) is 0. The van der Waals surface area contributed by atoms with Gasteiger partial charge in [0.2, 0.25) is 0 Å². The van der Waals surface area contributed by atoms with E-state index in [2.05, 4.69) is 15.9 Å². The Kier molecular flexibility index (Phi) is 5.30. The number of hydrogen-bond acceptors (Lipinski definition) is 5. The van der Waals surface area contributed by atoms with Crippen molar-refractivity contribution in [3.8, 4) is 0 Å². The maximum Gasteiger partial charge on any atom is 0.338 e. The molecule has 0 aliphatic carbocycles. The maximum atomic E-state index is 13.8. The van der Waals surface area contributed by atoms with Crippen LogP contribution in [0.25, 0.3) is 0 Å². The average molecular weight is 361 g/mol. The molecule has 4 atom stereocenters. The van der Waals surface area contributed by atoms with Crippen molar-refractivity contribution in [3.63, 3.8) is 0 Å². The molecular formula is C14H14BrFO5. The summed E-state index contributed by atoms with van der Waals surface area (Å²) in [5.74, 6) is -1.17. The van der Waals surface area contributed by atoms with E-state index in [0.29, 0.717) is 5.56 Å². The van der Waals surface area contributed by atoms with Gasteiger partial charge < -0.3 is 14.2 Å². The number of hydrogen-bond donors (Lipinski definition) is 0. The summed E-state index contributed by atoms with van der Waals surface area (Å²) in [5.41, 5.74) is 0.381. The van der Waals surface area contributed by atoms with Crippen LogP contribution in [0.2, 0.25) is 0 Å². The summed E-state index contributed by atoms with van der Waals surface area (Å²) >= 11 is 3.00. The Labute approximate surface area is 129 Å². The molecule has 1 aromatic rings. The third-order valence-electron chi connectivity index (χ3n) is 2.93. The molecule has 1 saturated heterocycles. The SMILES string of the molecule is CC(=O)O[C@H]1[C@@H](F)[C@@H](Br)O[C@@H]1COC(=O)c1ccccc1. The van der Waals surface area contributed by atoms with Crippen LogP contribution >= 0.6 is 15.9 Å². The van der Waals surface area contributed by atoms with Crippen molar-refractivity contribution in [3.05, 3.63) is 35.9 Å². The van der Waals surface area contributed by atoms with Crippen LogP contribution in [0.4, 0.5) is 4.39 Å². The Balaban J connectivity index is 1.95. The summed E-state index contributed by atoms with van der Waals surface area (Å²) in [6, 6.07) is 8.39. The molecule has 114 valence electrons. The minimum atomic E-state index is -1.52. The number of benzene rings is 1. The van der Waals surface area contributed by atoms with Crippen molar-refractivity contribution in [2.24, 2.45) is 0 Å². The molecule has 1 aromatic carbocycles. The maximum absolute atomic E-state index is 13.8. The number of rotatable bonds is 4. The van der Waals surface area contributed by atoms with Gasteiger partial charge in [-0.2, -0.15) is 0 Å². The molecular weight excluding hydrogens is 347 g/mol. The van der Waals surface area contributed by atoms with Crippen LogP contribution < -0.4 is 0 Å². The van der Waals surface area contributed by atoms with E-state index in [1.807, 2.05) is 0 Å². The zero-order valence-electron chi connectivity index (χ0n) is 11.2. The summed E-state index contributed by atoms with van der Waals surface area (Å²) in [6.07, 6.45) is -3.47. The highest BCUT2D eigenvalue weighted by Gasteiger charge is 2.46. The van der Waals surface area contributed by atoms with Crippen LogP contribution in [0.15, 0.2) is 30.3 Å². The summed E-state index contributed by atoms with van der Waals surface area (Å²) in [5, 5.41) is -0.901. The molecule has 2 rings (SSSR count). The zero-order valence-corrected chi connectivity index (χ0v) is 12.8. The largest absolute Gasteiger partial charge is 0.459 e. The molecule has 0 bridgehead atoms. The number of esters is 2.